The maximum Gasteiger partial charge on any atom is 0.359 e. The van der Waals surface area contributed by atoms with Gasteiger partial charge in [-0.3, -0.25) is 9.13 Å². The molecule has 2 aromatic heterocycles. The van der Waals surface area contributed by atoms with Gasteiger partial charge in [0.1, 0.15) is 17.7 Å². The van der Waals surface area contributed by atoms with Gasteiger partial charge in [-0.25, -0.2) is 4.98 Å². The third kappa shape index (κ3) is 4.76. The maximum absolute atomic E-state index is 12.9. The molecule has 12 nitrogen and oxygen atoms in total. The predicted molar refractivity (Wildman–Crippen MR) is 120 cm³/mol. The van der Waals surface area contributed by atoms with Crippen LogP contribution in [-0.2, 0) is 13.8 Å². The minimum absolute atomic E-state index is 0.0294. The molecule has 6 atom stereocenters. The van der Waals surface area contributed by atoms with Gasteiger partial charge in [0.15, 0.2) is 22.4 Å². The number of hydrogen-bond donors (Lipinski definition) is 5. The molecule has 1 saturated heterocycles. The molecule has 3 heterocycles. The average molecular weight is 508 g/mol. The van der Waals surface area contributed by atoms with E-state index in [0.29, 0.717) is 0 Å². The Labute approximate surface area is 196 Å². The molecule has 33 heavy (non-hydrogen) atoms. The van der Waals surface area contributed by atoms with Crippen molar-refractivity contribution in [3.63, 3.8) is 0 Å². The van der Waals surface area contributed by atoms with Gasteiger partial charge in [0.2, 0.25) is 5.95 Å². The van der Waals surface area contributed by atoms with Gasteiger partial charge in [0.25, 0.3) is 0 Å². The van der Waals surface area contributed by atoms with Gasteiger partial charge in [0, 0.05) is 6.42 Å². The maximum atomic E-state index is 12.9. The Morgan fingerprint density at radius 2 is 1.88 bits per heavy atom. The van der Waals surface area contributed by atoms with E-state index in [4.69, 9.17) is 26.6 Å². The number of hydrogen-bond acceptors (Lipinski definition) is 10. The van der Waals surface area contributed by atoms with Gasteiger partial charge in [-0.1, -0.05) is 32.4 Å². The Morgan fingerprint density at radius 1 is 1.24 bits per heavy atom. The number of halogens is 1. The van der Waals surface area contributed by atoms with Crippen molar-refractivity contribution in [1.29, 1.82) is 0 Å². The Morgan fingerprint density at radius 3 is 2.45 bits per heavy atom. The van der Waals surface area contributed by atoms with Crippen LogP contribution in [0.5, 0.6) is 0 Å². The topological polar surface area (TPSA) is 186 Å². The molecule has 0 bridgehead atoms. The number of fused-ring (bicyclic) bond motifs is 1. The molecule has 14 heteroatoms. The van der Waals surface area contributed by atoms with Gasteiger partial charge < -0.3 is 35.2 Å². The molecular weight excluding hydrogens is 477 g/mol. The summed E-state index contributed by atoms with van der Waals surface area (Å²) in [6.07, 6.45) is -3.10. The summed E-state index contributed by atoms with van der Waals surface area (Å²) in [5.74, 6) is -0.0937. The van der Waals surface area contributed by atoms with E-state index in [1.807, 2.05) is 0 Å². The first-order chi connectivity index (χ1) is 15.3. The monoisotopic (exact) mass is 507 g/mol. The lowest BCUT2D eigenvalue weighted by molar-refractivity contribution is -0.0696. The highest BCUT2D eigenvalue weighted by Crippen LogP contribution is 2.60. The third-order valence-corrected chi connectivity index (χ3v) is 9.03. The Hall–Kier alpha value is -1.37. The molecule has 1 aliphatic rings. The number of aliphatic hydroxyl groups is 3. The van der Waals surface area contributed by atoms with Crippen molar-refractivity contribution in [2.24, 2.45) is 0 Å². The summed E-state index contributed by atoms with van der Waals surface area (Å²) >= 11 is 6.06. The number of rotatable bonds is 9. The second-order valence-corrected chi connectivity index (χ2v) is 11.0. The number of imidazole rings is 1. The fraction of sp³-hybridized carbons (Fsp3) is 0.737. The van der Waals surface area contributed by atoms with E-state index in [1.54, 1.807) is 27.7 Å². The Balaban J connectivity index is 1.86. The van der Waals surface area contributed by atoms with Crippen molar-refractivity contribution < 1.29 is 34.0 Å². The van der Waals surface area contributed by atoms with E-state index >= 15 is 0 Å². The van der Waals surface area contributed by atoms with Crippen LogP contribution in [0.3, 0.4) is 0 Å². The fourth-order valence-corrected chi connectivity index (χ4v) is 5.91. The highest BCUT2D eigenvalue weighted by Gasteiger charge is 2.51. The van der Waals surface area contributed by atoms with Crippen LogP contribution >= 0.6 is 19.2 Å². The van der Waals surface area contributed by atoms with E-state index < -0.39 is 43.1 Å². The zero-order valence-electron chi connectivity index (χ0n) is 18.9. The van der Waals surface area contributed by atoms with Gasteiger partial charge in [-0.2, -0.15) is 9.97 Å². The average Bonchev–Trinajstić information content (AvgIpc) is 3.28. The summed E-state index contributed by atoms with van der Waals surface area (Å²) in [4.78, 5) is 22.6. The number of nitrogens with two attached hydrogens (primary N) is 1. The summed E-state index contributed by atoms with van der Waals surface area (Å²) in [7, 11) is -4.46. The van der Waals surface area contributed by atoms with Crippen LogP contribution in [0.15, 0.2) is 6.33 Å². The number of nitrogens with zero attached hydrogens (tertiary/aromatic N) is 4. The molecule has 0 spiro atoms. The molecular formula is C19H31ClN5O7P. The van der Waals surface area contributed by atoms with Gasteiger partial charge in [0.05, 0.1) is 18.0 Å². The van der Waals surface area contributed by atoms with Crippen molar-refractivity contribution in [2.75, 3.05) is 5.73 Å². The highest BCUT2D eigenvalue weighted by atomic mass is 35.5. The summed E-state index contributed by atoms with van der Waals surface area (Å²) in [5, 5.41) is 30.1. The molecule has 3 rings (SSSR count). The van der Waals surface area contributed by atoms with Gasteiger partial charge in [-0.15, -0.1) is 0 Å². The predicted octanol–water partition coefficient (Wildman–Crippen LogP) is 1.95. The molecule has 6 N–H and O–H groups in total. The molecule has 0 aromatic carbocycles. The van der Waals surface area contributed by atoms with Crippen LogP contribution < -0.4 is 5.73 Å². The van der Waals surface area contributed by atoms with Crippen LogP contribution in [0.2, 0.25) is 5.15 Å². The summed E-state index contributed by atoms with van der Waals surface area (Å²) < 4.78 is 25.9. The van der Waals surface area contributed by atoms with E-state index in [-0.39, 0.29) is 47.9 Å². The summed E-state index contributed by atoms with van der Waals surface area (Å²) in [6, 6.07) is 0. The fourth-order valence-electron chi connectivity index (χ4n) is 3.92. The lowest BCUT2D eigenvalue weighted by Crippen LogP contribution is -2.40. The lowest BCUT2D eigenvalue weighted by Gasteiger charge is -2.38. The first-order valence-corrected chi connectivity index (χ1v) is 12.7. The van der Waals surface area contributed by atoms with Crippen molar-refractivity contribution in [3.8, 4) is 0 Å². The molecule has 186 valence electrons. The lowest BCUT2D eigenvalue weighted by atomic mass is 9.93. The van der Waals surface area contributed by atoms with E-state index in [0.717, 1.165) is 0 Å². The Bertz CT molecular complexity index is 1050. The summed E-state index contributed by atoms with van der Waals surface area (Å²) in [5.41, 5.74) is 4.90. The molecule has 2 unspecified atom stereocenters. The van der Waals surface area contributed by atoms with Crippen LogP contribution in [0.4, 0.5) is 5.95 Å². The molecule has 0 saturated carbocycles. The highest BCUT2D eigenvalue weighted by molar-refractivity contribution is 7.54. The SMILES string of the molecule is CCC(O)(CC)P(=O)(O)O[C@](C)(CC)CC1O[C@@H](n2cnc3c(Cl)nc(N)nc32)[C@H](O)[C@@H]1O. The second kappa shape index (κ2) is 9.35. The van der Waals surface area contributed by atoms with Crippen molar-refractivity contribution in [2.45, 2.75) is 88.9 Å². The molecule has 0 radical (unpaired) electrons. The third-order valence-electron chi connectivity index (χ3n) is 6.39. The molecule has 0 amide bonds. The first-order valence-electron chi connectivity index (χ1n) is 10.7. The van der Waals surface area contributed by atoms with Gasteiger partial charge in [-0.05, 0) is 26.2 Å². The van der Waals surface area contributed by atoms with Crippen LogP contribution in [0.1, 0.15) is 59.6 Å². The zero-order chi connectivity index (χ0) is 24.8. The smallest absolute Gasteiger partial charge is 0.359 e. The molecule has 2 aromatic rings. The number of nitrogen functional groups attached to an aromatic ring is 1. The quantitative estimate of drug-likeness (QED) is 0.246. The number of anilines is 1. The van der Waals surface area contributed by atoms with E-state index in [1.165, 1.54) is 10.9 Å². The van der Waals surface area contributed by atoms with E-state index in [9.17, 15) is 24.8 Å². The molecule has 0 aliphatic carbocycles. The van der Waals surface area contributed by atoms with Crippen molar-refractivity contribution in [3.05, 3.63) is 11.5 Å². The normalized spacial score (nSPS) is 27.5. The second-order valence-electron chi connectivity index (χ2n) is 8.55. The first kappa shape index (κ1) is 26.2. The minimum atomic E-state index is -4.46. The van der Waals surface area contributed by atoms with Crippen molar-refractivity contribution in [1.82, 2.24) is 19.5 Å². The van der Waals surface area contributed by atoms with Crippen LogP contribution in [-0.4, -0.2) is 69.0 Å². The molecule has 1 fully saturated rings. The number of ether oxygens (including phenoxy) is 1. The standard InChI is InChI=1S/C19H31ClN5O7P/c1-5-18(4,32-33(29,30)19(28,6-2)7-3)8-10-12(26)13(27)16(31-10)25-9-22-11-14(20)23-17(21)24-15(11)25/h9-10,12-13,16,26-28H,5-8H2,1-4H3,(H,29,30)(H2,21,23,24)/t10?,12-,13-,16-,18-/m1/s1. The largest absolute Gasteiger partial charge is 0.388 e. The number of aliphatic hydroxyl groups excluding tert-OH is 2. The van der Waals surface area contributed by atoms with Crippen molar-refractivity contribution >= 4 is 36.3 Å². The Kier molecular flexibility index (Phi) is 7.43. The zero-order valence-corrected chi connectivity index (χ0v) is 20.6. The van der Waals surface area contributed by atoms with Crippen LogP contribution in [0.25, 0.3) is 11.2 Å². The minimum Gasteiger partial charge on any atom is -0.388 e. The number of aromatic nitrogens is 4. The molecule has 1 aliphatic heterocycles. The van der Waals surface area contributed by atoms with Gasteiger partial charge >= 0.3 is 7.60 Å². The van der Waals surface area contributed by atoms with Crippen LogP contribution in [0, 0.1) is 0 Å². The summed E-state index contributed by atoms with van der Waals surface area (Å²) in [6.45, 7) is 6.54. The van der Waals surface area contributed by atoms with E-state index in [2.05, 4.69) is 15.0 Å².